The van der Waals surface area contributed by atoms with Gasteiger partial charge in [-0.3, -0.25) is 3.11 Å². The third kappa shape index (κ3) is 8.18. The van der Waals surface area contributed by atoms with Gasteiger partial charge in [0, 0.05) is 23.8 Å². The maximum atomic E-state index is 13.5. The number of sulfone groups is 1. The van der Waals surface area contributed by atoms with Crippen LogP contribution in [0, 0.1) is 5.82 Å². The van der Waals surface area contributed by atoms with E-state index in [9.17, 15) is 12.8 Å². The van der Waals surface area contributed by atoms with Gasteiger partial charge in [0.15, 0.2) is 5.82 Å². The molecule has 0 aliphatic carbocycles. The number of benzene rings is 3. The van der Waals surface area contributed by atoms with Crippen LogP contribution in [0.1, 0.15) is 11.3 Å². The summed E-state index contributed by atoms with van der Waals surface area (Å²) in [5, 5.41) is 1.22. The van der Waals surface area contributed by atoms with Crippen LogP contribution in [0.3, 0.4) is 0 Å². The van der Waals surface area contributed by atoms with E-state index >= 15 is 0 Å². The second kappa shape index (κ2) is 13.8. The average Bonchev–Trinajstić information content (AvgIpc) is 3.46. The molecule has 2 heterocycles. The second-order valence-electron chi connectivity index (χ2n) is 9.69. The van der Waals surface area contributed by atoms with Crippen LogP contribution < -0.4 is 7.85 Å². The van der Waals surface area contributed by atoms with Crippen LogP contribution in [0.5, 0.6) is 5.75 Å². The van der Waals surface area contributed by atoms with Crippen molar-refractivity contribution in [3.8, 4) is 17.1 Å². The van der Waals surface area contributed by atoms with E-state index in [2.05, 4.69) is 32.8 Å². The van der Waals surface area contributed by atoms with Crippen LogP contribution in [-0.2, 0) is 23.0 Å². The molecule has 0 spiro atoms. The molecule has 224 valence electrons. The predicted molar refractivity (Wildman–Crippen MR) is 179 cm³/mol. The lowest BCUT2D eigenvalue weighted by Gasteiger charge is -2.19. The molecule has 0 unspecified atom stereocenters. The minimum Gasteiger partial charge on any atom is -0.487 e. The van der Waals surface area contributed by atoms with Crippen LogP contribution >= 0.6 is 46.4 Å². The molecule has 8 nitrogen and oxygen atoms in total. The molecule has 0 fully saturated rings. The lowest BCUT2D eigenvalue weighted by Crippen LogP contribution is -2.22. The largest absolute Gasteiger partial charge is 0.487 e. The normalized spacial score (nSPS) is 11.8. The summed E-state index contributed by atoms with van der Waals surface area (Å²) in [6, 6.07) is 21.3. The number of fused-ring (bicyclic) bond motifs is 1. The zero-order chi connectivity index (χ0) is 30.6. The summed E-state index contributed by atoms with van der Waals surface area (Å²) in [7, 11) is -3.06. The number of hydrogen-bond donors (Lipinski definition) is 0. The zero-order valence-electron chi connectivity index (χ0n) is 23.2. The lowest BCUT2D eigenvalue weighted by atomic mass is 10.1. The molecule has 43 heavy (non-hydrogen) atoms. The van der Waals surface area contributed by atoms with Crippen molar-refractivity contribution in [1.82, 2.24) is 14.3 Å². The van der Waals surface area contributed by atoms with E-state index in [1.54, 1.807) is 24.3 Å². The molecule has 0 radical (unpaired) electrons. The van der Waals surface area contributed by atoms with Crippen molar-refractivity contribution in [3.63, 3.8) is 0 Å². The van der Waals surface area contributed by atoms with Crippen LogP contribution in [0.4, 0.5) is 15.9 Å². The van der Waals surface area contributed by atoms with E-state index in [0.29, 0.717) is 41.0 Å². The molecular formula is C30H27ClFIN4O4S2. The summed E-state index contributed by atoms with van der Waals surface area (Å²) in [4.78, 5) is 9.00. The molecule has 3 aromatic carbocycles. The molecular weight excluding hydrogens is 726 g/mol. The van der Waals surface area contributed by atoms with Gasteiger partial charge in [-0.05, 0) is 72.5 Å². The number of rotatable bonds is 12. The average molecular weight is 753 g/mol. The fourth-order valence-electron chi connectivity index (χ4n) is 4.29. The Morgan fingerprint density at radius 2 is 1.91 bits per heavy atom. The number of furan rings is 1. The molecule has 5 rings (SSSR count). The van der Waals surface area contributed by atoms with Crippen molar-refractivity contribution >= 4 is 78.7 Å². The quantitative estimate of drug-likeness (QED) is 0.0718. The molecule has 5 aromatic rings. The highest BCUT2D eigenvalue weighted by Crippen LogP contribution is 2.38. The molecule has 0 saturated carbocycles. The van der Waals surface area contributed by atoms with E-state index in [4.69, 9.17) is 20.8 Å². The minimum absolute atomic E-state index is 0.0809. The minimum atomic E-state index is -3.06. The fraction of sp³-hybridized carbons (Fsp3) is 0.200. The van der Waals surface area contributed by atoms with Crippen LogP contribution in [-0.4, -0.2) is 47.5 Å². The topological polar surface area (TPSA) is 88.8 Å². The Kier molecular flexibility index (Phi) is 10.1. The third-order valence-corrected chi connectivity index (χ3v) is 9.54. The Morgan fingerprint density at radius 1 is 1.07 bits per heavy atom. The van der Waals surface area contributed by atoms with Crippen molar-refractivity contribution in [2.75, 3.05) is 27.9 Å². The maximum Gasteiger partial charge on any atom is 0.153 e. The van der Waals surface area contributed by atoms with E-state index in [1.807, 2.05) is 50.1 Å². The molecule has 2 aromatic heterocycles. The lowest BCUT2D eigenvalue weighted by molar-refractivity contribution is 0.306. The van der Waals surface area contributed by atoms with Gasteiger partial charge in [-0.15, -0.1) is 0 Å². The standard InChI is InChI=1S/C30H27ClFIN4O4S2/c1-42-36(12-13-43(2,38)39)17-24-8-11-28(41-24)21-6-9-27-25(15-21)30(35-19-34-27)37(33)23-7-10-29(26(31)16-23)40-18-20-4-3-5-22(32)14-20/h3-11,14-16,19H,12-13,17-18H2,1-2H3. The first-order valence-electron chi connectivity index (χ1n) is 13.0. The van der Waals surface area contributed by atoms with Gasteiger partial charge in [-0.25, -0.2) is 27.1 Å². The summed E-state index contributed by atoms with van der Waals surface area (Å²) in [6.07, 6.45) is 4.66. The second-order valence-corrected chi connectivity index (χ2v) is 14.2. The number of ether oxygens (including phenoxy) is 1. The maximum absolute atomic E-state index is 13.5. The Bertz CT molecular complexity index is 1860. The van der Waals surface area contributed by atoms with Crippen molar-refractivity contribution in [1.29, 1.82) is 0 Å². The number of halogens is 3. The summed E-state index contributed by atoms with van der Waals surface area (Å²) in [6.45, 7) is 1.07. The van der Waals surface area contributed by atoms with Crippen LogP contribution in [0.2, 0.25) is 5.02 Å². The zero-order valence-corrected chi connectivity index (χ0v) is 27.8. The van der Waals surface area contributed by atoms with Gasteiger partial charge in [0.05, 0.1) is 51.4 Å². The monoisotopic (exact) mass is 752 g/mol. The highest BCUT2D eigenvalue weighted by Gasteiger charge is 2.17. The van der Waals surface area contributed by atoms with E-state index in [0.717, 1.165) is 27.9 Å². The molecule has 0 aliphatic heterocycles. The van der Waals surface area contributed by atoms with Crippen molar-refractivity contribution in [3.05, 3.63) is 101 Å². The van der Waals surface area contributed by atoms with Gasteiger partial charge in [0.1, 0.15) is 45.9 Å². The summed E-state index contributed by atoms with van der Waals surface area (Å²) >= 11 is 10.2. The first-order valence-corrected chi connectivity index (χ1v) is 17.6. The SMILES string of the molecule is CSN(CCS(C)(=O)=O)Cc1ccc(-c2ccc3ncnc(N(I)c4ccc(OCc5cccc(F)c5)c(Cl)c4)c3c2)o1. The number of aromatic nitrogens is 2. The predicted octanol–water partition coefficient (Wildman–Crippen LogP) is 7.87. The highest BCUT2D eigenvalue weighted by molar-refractivity contribution is 14.1. The fourth-order valence-corrected chi connectivity index (χ4v) is 6.40. The van der Waals surface area contributed by atoms with Gasteiger partial charge in [-0.2, -0.15) is 0 Å². The van der Waals surface area contributed by atoms with E-state index in [1.165, 1.54) is 36.7 Å². The van der Waals surface area contributed by atoms with Gasteiger partial charge in [0.2, 0.25) is 0 Å². The summed E-state index contributed by atoms with van der Waals surface area (Å²) < 4.78 is 52.5. The molecule has 0 aliphatic rings. The van der Waals surface area contributed by atoms with E-state index in [-0.39, 0.29) is 18.2 Å². The number of hydrogen-bond acceptors (Lipinski definition) is 9. The number of nitrogens with zero attached hydrogens (tertiary/aromatic N) is 4. The smallest absolute Gasteiger partial charge is 0.153 e. The Hall–Kier alpha value is -2.91. The summed E-state index contributed by atoms with van der Waals surface area (Å²) in [5.41, 5.74) is 3.10. The van der Waals surface area contributed by atoms with E-state index < -0.39 is 9.84 Å². The first-order chi connectivity index (χ1) is 20.6. The molecule has 0 N–H and O–H groups in total. The highest BCUT2D eigenvalue weighted by atomic mass is 127. The number of anilines is 2. The van der Waals surface area contributed by atoms with Crippen molar-refractivity contribution in [2.24, 2.45) is 0 Å². The molecule has 0 saturated heterocycles. The van der Waals surface area contributed by atoms with Gasteiger partial charge < -0.3 is 9.15 Å². The first kappa shape index (κ1) is 31.5. The third-order valence-electron chi connectivity index (χ3n) is 6.47. The molecule has 13 heteroatoms. The van der Waals surface area contributed by atoms with Crippen LogP contribution in [0.25, 0.3) is 22.2 Å². The molecule has 0 bridgehead atoms. The van der Waals surface area contributed by atoms with Crippen molar-refractivity contribution < 1.29 is 22.0 Å². The van der Waals surface area contributed by atoms with Gasteiger partial charge in [-0.1, -0.05) is 35.7 Å². The Labute approximate surface area is 272 Å². The van der Waals surface area contributed by atoms with Crippen molar-refractivity contribution in [2.45, 2.75) is 13.2 Å². The van der Waals surface area contributed by atoms with Gasteiger partial charge >= 0.3 is 0 Å². The Morgan fingerprint density at radius 3 is 2.65 bits per heavy atom. The summed E-state index contributed by atoms with van der Waals surface area (Å²) in [5.74, 6) is 2.32. The Balaban J connectivity index is 1.35. The van der Waals surface area contributed by atoms with Gasteiger partial charge in [0.25, 0.3) is 0 Å². The van der Waals surface area contributed by atoms with Crippen LogP contribution in [0.15, 0.2) is 83.5 Å². The molecule has 0 amide bonds. The molecule has 0 atom stereocenters.